The molecule has 2 aromatic rings. The van der Waals surface area contributed by atoms with Gasteiger partial charge in [0.05, 0.1) is 25.9 Å². The summed E-state index contributed by atoms with van der Waals surface area (Å²) in [5.41, 5.74) is 3.21. The molecule has 1 heterocycles. The lowest BCUT2D eigenvalue weighted by Crippen LogP contribution is -2.43. The third kappa shape index (κ3) is 4.68. The average molecular weight is 400 g/mol. The van der Waals surface area contributed by atoms with Crippen molar-refractivity contribution >= 4 is 5.69 Å². The maximum Gasteiger partial charge on any atom is 0.161 e. The molecule has 0 fully saturated rings. The molecule has 29 heavy (non-hydrogen) atoms. The van der Waals surface area contributed by atoms with Gasteiger partial charge < -0.3 is 14.4 Å². The SMILES string of the molecule is CCCCCCCC1c2cc(OC)c(OC)cc2CC(C)N1c1ccccc1F. The smallest absolute Gasteiger partial charge is 0.161 e. The number of fused-ring (bicyclic) bond motifs is 1. The molecular weight excluding hydrogens is 365 g/mol. The van der Waals surface area contributed by atoms with Crippen LogP contribution in [0.1, 0.15) is 69.5 Å². The lowest BCUT2D eigenvalue weighted by atomic mass is 9.85. The second kappa shape index (κ2) is 10.00. The van der Waals surface area contributed by atoms with Crippen molar-refractivity contribution in [2.24, 2.45) is 0 Å². The van der Waals surface area contributed by atoms with Crippen molar-refractivity contribution in [3.05, 3.63) is 53.3 Å². The maximum absolute atomic E-state index is 14.8. The van der Waals surface area contributed by atoms with Crippen LogP contribution in [-0.4, -0.2) is 20.3 Å². The van der Waals surface area contributed by atoms with Crippen molar-refractivity contribution in [2.45, 2.75) is 70.9 Å². The van der Waals surface area contributed by atoms with Crippen LogP contribution in [0.3, 0.4) is 0 Å². The number of anilines is 1. The average Bonchev–Trinajstić information content (AvgIpc) is 2.73. The van der Waals surface area contributed by atoms with Gasteiger partial charge in [-0.2, -0.15) is 0 Å². The summed E-state index contributed by atoms with van der Waals surface area (Å²) in [5, 5.41) is 0. The highest BCUT2D eigenvalue weighted by atomic mass is 19.1. The van der Waals surface area contributed by atoms with Crippen LogP contribution in [0.25, 0.3) is 0 Å². The topological polar surface area (TPSA) is 21.7 Å². The van der Waals surface area contributed by atoms with E-state index in [1.165, 1.54) is 36.8 Å². The fourth-order valence-electron chi connectivity index (χ4n) is 4.60. The van der Waals surface area contributed by atoms with E-state index in [9.17, 15) is 4.39 Å². The van der Waals surface area contributed by atoms with Crippen LogP contribution in [0.15, 0.2) is 36.4 Å². The van der Waals surface area contributed by atoms with Crippen LogP contribution in [0.4, 0.5) is 10.1 Å². The first kappa shape index (κ1) is 21.5. The Balaban J connectivity index is 1.99. The molecule has 0 aliphatic carbocycles. The summed E-state index contributed by atoms with van der Waals surface area (Å²) < 4.78 is 25.9. The first-order valence-electron chi connectivity index (χ1n) is 10.9. The monoisotopic (exact) mass is 399 g/mol. The fourth-order valence-corrected chi connectivity index (χ4v) is 4.60. The standard InChI is InChI=1S/C25H34FNO2/c1-5-6-7-8-9-13-22-20-17-25(29-4)24(28-3)16-19(20)15-18(2)27(22)23-14-11-10-12-21(23)26/h10-12,14,16-18,22H,5-9,13,15H2,1-4H3. The molecule has 3 nitrogen and oxygen atoms in total. The van der Waals surface area contributed by atoms with Gasteiger partial charge in [0.1, 0.15) is 5.82 Å². The molecule has 0 spiro atoms. The van der Waals surface area contributed by atoms with Crippen LogP contribution >= 0.6 is 0 Å². The van der Waals surface area contributed by atoms with E-state index < -0.39 is 0 Å². The number of ether oxygens (including phenoxy) is 2. The van der Waals surface area contributed by atoms with Crippen LogP contribution < -0.4 is 14.4 Å². The van der Waals surface area contributed by atoms with Crippen molar-refractivity contribution in [3.63, 3.8) is 0 Å². The van der Waals surface area contributed by atoms with Gasteiger partial charge >= 0.3 is 0 Å². The number of halogens is 1. The Morgan fingerprint density at radius 2 is 1.69 bits per heavy atom. The number of methoxy groups -OCH3 is 2. The Kier molecular flexibility index (Phi) is 7.40. The summed E-state index contributed by atoms with van der Waals surface area (Å²) in [6, 6.07) is 11.7. The van der Waals surface area contributed by atoms with Crippen molar-refractivity contribution < 1.29 is 13.9 Å². The largest absolute Gasteiger partial charge is 0.493 e. The summed E-state index contributed by atoms with van der Waals surface area (Å²) in [4.78, 5) is 2.28. The predicted molar refractivity (Wildman–Crippen MR) is 118 cm³/mol. The molecule has 2 unspecified atom stereocenters. The molecule has 0 bridgehead atoms. The normalized spacial score (nSPS) is 18.4. The van der Waals surface area contributed by atoms with Gasteiger partial charge in [-0.25, -0.2) is 4.39 Å². The Morgan fingerprint density at radius 3 is 2.38 bits per heavy atom. The molecule has 2 aromatic carbocycles. The molecule has 158 valence electrons. The van der Waals surface area contributed by atoms with E-state index in [0.29, 0.717) is 5.69 Å². The molecular formula is C25H34FNO2. The fraction of sp³-hybridized carbons (Fsp3) is 0.520. The zero-order chi connectivity index (χ0) is 20.8. The van der Waals surface area contributed by atoms with Crippen LogP contribution in [-0.2, 0) is 6.42 Å². The van der Waals surface area contributed by atoms with E-state index in [2.05, 4.69) is 30.9 Å². The number of unbranched alkanes of at least 4 members (excludes halogenated alkanes) is 4. The second-order valence-corrected chi connectivity index (χ2v) is 8.04. The van der Waals surface area contributed by atoms with Gasteiger partial charge in [0, 0.05) is 6.04 Å². The first-order valence-corrected chi connectivity index (χ1v) is 10.9. The Bertz CT molecular complexity index is 807. The highest BCUT2D eigenvalue weighted by molar-refractivity contribution is 5.57. The number of para-hydroxylation sites is 1. The number of hydrogen-bond acceptors (Lipinski definition) is 3. The lowest BCUT2D eigenvalue weighted by Gasteiger charge is -2.44. The Labute approximate surface area is 174 Å². The zero-order valence-corrected chi connectivity index (χ0v) is 18.2. The van der Waals surface area contributed by atoms with E-state index in [0.717, 1.165) is 30.8 Å². The lowest BCUT2D eigenvalue weighted by molar-refractivity contribution is 0.351. The maximum atomic E-state index is 14.8. The summed E-state index contributed by atoms with van der Waals surface area (Å²) in [7, 11) is 3.34. The number of hydrogen-bond donors (Lipinski definition) is 0. The van der Waals surface area contributed by atoms with Gasteiger partial charge in [0.25, 0.3) is 0 Å². The number of rotatable bonds is 9. The van der Waals surface area contributed by atoms with E-state index in [4.69, 9.17) is 9.47 Å². The van der Waals surface area contributed by atoms with Crippen molar-refractivity contribution in [3.8, 4) is 11.5 Å². The second-order valence-electron chi connectivity index (χ2n) is 8.04. The predicted octanol–water partition coefficient (Wildman–Crippen LogP) is 6.70. The van der Waals surface area contributed by atoms with Gasteiger partial charge in [0.15, 0.2) is 11.5 Å². The molecule has 1 aliphatic heterocycles. The molecule has 4 heteroatoms. The molecule has 0 radical (unpaired) electrons. The number of nitrogens with zero attached hydrogens (tertiary/aromatic N) is 1. The van der Waals surface area contributed by atoms with Gasteiger partial charge in [-0.1, -0.05) is 51.2 Å². The van der Waals surface area contributed by atoms with Crippen molar-refractivity contribution in [1.82, 2.24) is 0 Å². The van der Waals surface area contributed by atoms with Crippen molar-refractivity contribution in [1.29, 1.82) is 0 Å². The van der Waals surface area contributed by atoms with Crippen LogP contribution in [0.2, 0.25) is 0 Å². The van der Waals surface area contributed by atoms with Crippen molar-refractivity contribution in [2.75, 3.05) is 19.1 Å². The van der Waals surface area contributed by atoms with Gasteiger partial charge in [0.2, 0.25) is 0 Å². The molecule has 0 amide bonds. The highest BCUT2D eigenvalue weighted by Gasteiger charge is 2.34. The summed E-state index contributed by atoms with van der Waals surface area (Å²) in [5.74, 6) is 1.35. The Hall–Kier alpha value is -2.23. The van der Waals surface area contributed by atoms with E-state index in [1.54, 1.807) is 26.4 Å². The Morgan fingerprint density at radius 1 is 1.00 bits per heavy atom. The quantitative estimate of drug-likeness (QED) is 0.438. The summed E-state index contributed by atoms with van der Waals surface area (Å²) in [6.45, 7) is 4.43. The van der Waals surface area contributed by atoms with E-state index >= 15 is 0 Å². The number of benzene rings is 2. The molecule has 0 saturated carbocycles. The minimum absolute atomic E-state index is 0.132. The van der Waals surface area contributed by atoms with Gasteiger partial charge in [-0.15, -0.1) is 0 Å². The highest BCUT2D eigenvalue weighted by Crippen LogP contribution is 2.44. The van der Waals surface area contributed by atoms with Crippen LogP contribution in [0.5, 0.6) is 11.5 Å². The zero-order valence-electron chi connectivity index (χ0n) is 18.2. The first-order chi connectivity index (χ1) is 14.1. The van der Waals surface area contributed by atoms with E-state index in [-0.39, 0.29) is 17.9 Å². The third-order valence-corrected chi connectivity index (χ3v) is 6.04. The third-order valence-electron chi connectivity index (χ3n) is 6.04. The summed E-state index contributed by atoms with van der Waals surface area (Å²) >= 11 is 0. The van der Waals surface area contributed by atoms with Crippen LogP contribution in [0, 0.1) is 5.82 Å². The molecule has 1 aliphatic rings. The van der Waals surface area contributed by atoms with E-state index in [1.807, 2.05) is 12.1 Å². The molecule has 3 rings (SSSR count). The molecule has 2 atom stereocenters. The molecule has 0 aromatic heterocycles. The molecule has 0 saturated heterocycles. The van der Waals surface area contributed by atoms with Gasteiger partial charge in [-0.05, 0) is 55.2 Å². The minimum atomic E-state index is -0.153. The summed E-state index contributed by atoms with van der Waals surface area (Å²) in [6.07, 6.45) is 7.99. The minimum Gasteiger partial charge on any atom is -0.493 e. The molecule has 0 N–H and O–H groups in total. The van der Waals surface area contributed by atoms with Gasteiger partial charge in [-0.3, -0.25) is 0 Å².